The van der Waals surface area contributed by atoms with Crippen LogP contribution in [0.1, 0.15) is 90.4 Å². The summed E-state index contributed by atoms with van der Waals surface area (Å²) in [4.78, 5) is 0. The third-order valence-corrected chi connectivity index (χ3v) is 6.30. The molecule has 0 amide bonds. The van der Waals surface area contributed by atoms with Gasteiger partial charge in [0.15, 0.2) is 0 Å². The summed E-state index contributed by atoms with van der Waals surface area (Å²) in [6.45, 7) is 3.89. The maximum Gasteiger partial charge on any atom is 0.119 e. The van der Waals surface area contributed by atoms with E-state index >= 15 is 0 Å². The smallest absolute Gasteiger partial charge is 0.119 e. The minimum absolute atomic E-state index is 0.817. The first-order chi connectivity index (χ1) is 14.3. The summed E-state index contributed by atoms with van der Waals surface area (Å²) < 4.78 is 11.9. The molecule has 1 fully saturated rings. The normalized spacial score (nSPS) is 14.1. The van der Waals surface area contributed by atoms with E-state index in [2.05, 4.69) is 43.3 Å². The van der Waals surface area contributed by atoms with Gasteiger partial charge in [-0.25, -0.2) is 0 Å². The molecular weight excluding hydrogens is 356 g/mol. The van der Waals surface area contributed by atoms with E-state index in [-0.39, 0.29) is 0 Å². The van der Waals surface area contributed by atoms with Gasteiger partial charge in [-0.2, -0.15) is 0 Å². The number of hydrogen-bond donors (Lipinski definition) is 0. The second-order valence-corrected chi connectivity index (χ2v) is 8.78. The molecule has 3 rings (SSSR count). The van der Waals surface area contributed by atoms with Crippen molar-refractivity contribution in [2.24, 2.45) is 5.92 Å². The highest BCUT2D eigenvalue weighted by atomic mass is 16.5. The zero-order valence-electron chi connectivity index (χ0n) is 18.5. The van der Waals surface area contributed by atoms with Gasteiger partial charge in [0.1, 0.15) is 11.5 Å². The van der Waals surface area contributed by atoms with Gasteiger partial charge in [-0.05, 0) is 53.8 Å². The standard InChI is InChI=1S/C27H40O2/c1-2-3-4-6-9-19-28-26-17-15-25-22-27(18-16-24(25)21-26)29-20-10-7-5-8-12-23-13-11-14-23/h15-18,21-23H,2-14,19-20H2,1H3. The molecule has 29 heavy (non-hydrogen) atoms. The van der Waals surface area contributed by atoms with Gasteiger partial charge in [-0.3, -0.25) is 0 Å². The largest absolute Gasteiger partial charge is 0.494 e. The van der Waals surface area contributed by atoms with Crippen molar-refractivity contribution in [3.63, 3.8) is 0 Å². The molecule has 0 aliphatic heterocycles. The molecule has 2 heteroatoms. The van der Waals surface area contributed by atoms with Gasteiger partial charge in [0.25, 0.3) is 0 Å². The number of unbranched alkanes of at least 4 members (excludes halogenated alkanes) is 7. The van der Waals surface area contributed by atoms with Crippen LogP contribution >= 0.6 is 0 Å². The van der Waals surface area contributed by atoms with Gasteiger partial charge in [-0.1, -0.05) is 89.7 Å². The van der Waals surface area contributed by atoms with E-state index in [0.717, 1.165) is 43.5 Å². The molecule has 160 valence electrons. The molecule has 2 aromatic carbocycles. The average Bonchev–Trinajstić information content (AvgIpc) is 2.71. The number of rotatable bonds is 15. The lowest BCUT2D eigenvalue weighted by molar-refractivity contribution is 0.279. The molecule has 0 heterocycles. The summed E-state index contributed by atoms with van der Waals surface area (Å²) in [6.07, 6.45) is 17.5. The van der Waals surface area contributed by atoms with Gasteiger partial charge < -0.3 is 9.47 Å². The Morgan fingerprint density at radius 1 is 0.690 bits per heavy atom. The highest BCUT2D eigenvalue weighted by molar-refractivity contribution is 5.85. The highest BCUT2D eigenvalue weighted by Gasteiger charge is 2.15. The van der Waals surface area contributed by atoms with E-state index in [1.54, 1.807) is 0 Å². The summed E-state index contributed by atoms with van der Waals surface area (Å²) in [5.41, 5.74) is 0. The molecule has 0 saturated heterocycles. The van der Waals surface area contributed by atoms with E-state index in [1.165, 1.54) is 81.4 Å². The summed E-state index contributed by atoms with van der Waals surface area (Å²) in [5, 5.41) is 2.44. The van der Waals surface area contributed by atoms with Crippen molar-refractivity contribution in [3.8, 4) is 11.5 Å². The lowest BCUT2D eigenvalue weighted by Gasteiger charge is -2.24. The van der Waals surface area contributed by atoms with Crippen LogP contribution in [0, 0.1) is 5.92 Å². The molecule has 2 aromatic rings. The third kappa shape index (κ3) is 7.91. The fourth-order valence-electron chi connectivity index (χ4n) is 4.14. The van der Waals surface area contributed by atoms with Crippen LogP contribution in [-0.4, -0.2) is 13.2 Å². The Hall–Kier alpha value is -1.70. The van der Waals surface area contributed by atoms with Crippen LogP contribution in [-0.2, 0) is 0 Å². The van der Waals surface area contributed by atoms with Gasteiger partial charge in [0.2, 0.25) is 0 Å². The van der Waals surface area contributed by atoms with E-state index in [9.17, 15) is 0 Å². The summed E-state index contributed by atoms with van der Waals surface area (Å²) in [5.74, 6) is 3.01. The molecule has 0 bridgehead atoms. The van der Waals surface area contributed by atoms with Gasteiger partial charge in [0.05, 0.1) is 13.2 Å². The Balaban J connectivity index is 1.32. The first kappa shape index (κ1) is 22.0. The SMILES string of the molecule is CCCCCCCOc1ccc2cc(OCCCCCCC3CCC3)ccc2c1. The van der Waals surface area contributed by atoms with E-state index < -0.39 is 0 Å². The van der Waals surface area contributed by atoms with Gasteiger partial charge >= 0.3 is 0 Å². The molecule has 0 unspecified atom stereocenters. The van der Waals surface area contributed by atoms with Crippen LogP contribution in [0.5, 0.6) is 11.5 Å². The van der Waals surface area contributed by atoms with Gasteiger partial charge in [-0.15, -0.1) is 0 Å². The Morgan fingerprint density at radius 3 is 1.76 bits per heavy atom. The van der Waals surface area contributed by atoms with Crippen molar-refractivity contribution in [2.45, 2.75) is 90.4 Å². The lowest BCUT2D eigenvalue weighted by Crippen LogP contribution is -2.10. The summed E-state index contributed by atoms with van der Waals surface area (Å²) in [7, 11) is 0. The Labute approximate surface area is 178 Å². The molecular formula is C27H40O2. The van der Waals surface area contributed by atoms with Crippen LogP contribution in [0.15, 0.2) is 36.4 Å². The quantitative estimate of drug-likeness (QED) is 0.282. The highest BCUT2D eigenvalue weighted by Crippen LogP contribution is 2.31. The lowest BCUT2D eigenvalue weighted by atomic mass is 9.82. The van der Waals surface area contributed by atoms with Crippen LogP contribution in [0.2, 0.25) is 0 Å². The maximum absolute atomic E-state index is 5.98. The Bertz CT molecular complexity index is 705. The van der Waals surface area contributed by atoms with E-state index in [0.29, 0.717) is 0 Å². The summed E-state index contributed by atoms with van der Waals surface area (Å²) in [6, 6.07) is 12.8. The molecule has 0 atom stereocenters. The Kier molecular flexibility index (Phi) is 9.69. The average molecular weight is 397 g/mol. The topological polar surface area (TPSA) is 18.5 Å². The van der Waals surface area contributed by atoms with Crippen molar-refractivity contribution >= 4 is 10.8 Å². The fourth-order valence-corrected chi connectivity index (χ4v) is 4.14. The minimum atomic E-state index is 0.817. The number of hydrogen-bond acceptors (Lipinski definition) is 2. The zero-order valence-corrected chi connectivity index (χ0v) is 18.5. The minimum Gasteiger partial charge on any atom is -0.494 e. The molecule has 0 radical (unpaired) electrons. The fraction of sp³-hybridized carbons (Fsp3) is 0.630. The van der Waals surface area contributed by atoms with Crippen molar-refractivity contribution < 1.29 is 9.47 Å². The first-order valence-electron chi connectivity index (χ1n) is 12.1. The number of benzene rings is 2. The zero-order chi connectivity index (χ0) is 20.2. The van der Waals surface area contributed by atoms with E-state index in [4.69, 9.17) is 9.47 Å². The monoisotopic (exact) mass is 396 g/mol. The number of fused-ring (bicyclic) bond motifs is 1. The van der Waals surface area contributed by atoms with Crippen molar-refractivity contribution in [2.75, 3.05) is 13.2 Å². The first-order valence-corrected chi connectivity index (χ1v) is 12.1. The van der Waals surface area contributed by atoms with Gasteiger partial charge in [0, 0.05) is 0 Å². The van der Waals surface area contributed by atoms with Crippen molar-refractivity contribution in [1.82, 2.24) is 0 Å². The Morgan fingerprint density at radius 2 is 1.24 bits per heavy atom. The second kappa shape index (κ2) is 12.8. The summed E-state index contributed by atoms with van der Waals surface area (Å²) >= 11 is 0. The molecule has 1 saturated carbocycles. The molecule has 0 aromatic heterocycles. The van der Waals surface area contributed by atoms with Crippen LogP contribution < -0.4 is 9.47 Å². The molecule has 0 spiro atoms. The van der Waals surface area contributed by atoms with Crippen LogP contribution in [0.4, 0.5) is 0 Å². The predicted molar refractivity (Wildman–Crippen MR) is 124 cm³/mol. The molecule has 2 nitrogen and oxygen atoms in total. The predicted octanol–water partition coefficient (Wildman–Crippen LogP) is 8.32. The van der Waals surface area contributed by atoms with Crippen molar-refractivity contribution in [1.29, 1.82) is 0 Å². The van der Waals surface area contributed by atoms with E-state index in [1.807, 2.05) is 0 Å². The third-order valence-electron chi connectivity index (χ3n) is 6.30. The number of ether oxygens (including phenoxy) is 2. The molecule has 0 N–H and O–H groups in total. The second-order valence-electron chi connectivity index (χ2n) is 8.78. The maximum atomic E-state index is 5.98. The van der Waals surface area contributed by atoms with Crippen LogP contribution in [0.25, 0.3) is 10.8 Å². The van der Waals surface area contributed by atoms with Crippen LogP contribution in [0.3, 0.4) is 0 Å². The molecule has 1 aliphatic carbocycles. The van der Waals surface area contributed by atoms with Crippen molar-refractivity contribution in [3.05, 3.63) is 36.4 Å². The molecule has 1 aliphatic rings.